The standard InChI is InChI=1S/C9H10ClNO2/c1-11(9(10)12)7-3-5-8(13-2)6-4-7/h3-6H,1-2H3. The second-order valence-corrected chi connectivity index (χ2v) is 2.83. The zero-order valence-corrected chi connectivity index (χ0v) is 8.21. The molecule has 0 unspecified atom stereocenters. The molecule has 0 saturated heterocycles. The topological polar surface area (TPSA) is 29.5 Å². The Morgan fingerprint density at radius 2 is 1.92 bits per heavy atom. The van der Waals surface area contributed by atoms with Gasteiger partial charge in [0.1, 0.15) is 5.75 Å². The van der Waals surface area contributed by atoms with Gasteiger partial charge in [-0.15, -0.1) is 0 Å². The highest BCUT2D eigenvalue weighted by molar-refractivity contribution is 6.66. The molecule has 0 aliphatic carbocycles. The molecule has 0 fully saturated rings. The van der Waals surface area contributed by atoms with Gasteiger partial charge in [0.25, 0.3) is 0 Å². The largest absolute Gasteiger partial charge is 0.497 e. The summed E-state index contributed by atoms with van der Waals surface area (Å²) in [4.78, 5) is 12.1. The molecule has 0 atom stereocenters. The van der Waals surface area contributed by atoms with E-state index in [1.165, 1.54) is 4.90 Å². The zero-order valence-electron chi connectivity index (χ0n) is 7.45. The van der Waals surface area contributed by atoms with E-state index < -0.39 is 5.37 Å². The quantitative estimate of drug-likeness (QED) is 0.541. The summed E-state index contributed by atoms with van der Waals surface area (Å²) in [7, 11) is 3.20. The van der Waals surface area contributed by atoms with Crippen LogP contribution in [-0.2, 0) is 0 Å². The van der Waals surface area contributed by atoms with E-state index in [0.717, 1.165) is 11.4 Å². The van der Waals surface area contributed by atoms with Gasteiger partial charge >= 0.3 is 5.37 Å². The minimum Gasteiger partial charge on any atom is -0.497 e. The van der Waals surface area contributed by atoms with Crippen LogP contribution < -0.4 is 9.64 Å². The van der Waals surface area contributed by atoms with Gasteiger partial charge in [-0.2, -0.15) is 0 Å². The number of rotatable bonds is 2. The van der Waals surface area contributed by atoms with Crippen LogP contribution in [0.3, 0.4) is 0 Å². The fraction of sp³-hybridized carbons (Fsp3) is 0.222. The van der Waals surface area contributed by atoms with Gasteiger partial charge in [0.2, 0.25) is 0 Å². The van der Waals surface area contributed by atoms with Crippen molar-refractivity contribution in [2.45, 2.75) is 0 Å². The van der Waals surface area contributed by atoms with Crippen LogP contribution in [0.1, 0.15) is 0 Å². The summed E-state index contributed by atoms with van der Waals surface area (Å²) in [6, 6.07) is 7.07. The second kappa shape index (κ2) is 4.14. The molecule has 0 bridgehead atoms. The zero-order chi connectivity index (χ0) is 9.84. The lowest BCUT2D eigenvalue weighted by atomic mass is 10.3. The van der Waals surface area contributed by atoms with Crippen LogP contribution in [0.25, 0.3) is 0 Å². The van der Waals surface area contributed by atoms with Crippen LogP contribution in [0.4, 0.5) is 10.5 Å². The third-order valence-electron chi connectivity index (χ3n) is 1.72. The summed E-state index contributed by atoms with van der Waals surface area (Å²) in [5, 5.41) is -0.509. The Kier molecular flexibility index (Phi) is 3.14. The summed E-state index contributed by atoms with van der Waals surface area (Å²) < 4.78 is 4.97. The number of benzene rings is 1. The third-order valence-corrected chi connectivity index (χ3v) is 1.98. The number of ether oxygens (including phenoxy) is 1. The molecule has 70 valence electrons. The molecule has 4 heteroatoms. The lowest BCUT2D eigenvalue weighted by molar-refractivity contribution is 0.265. The molecular weight excluding hydrogens is 190 g/mol. The molecule has 1 amide bonds. The molecule has 3 nitrogen and oxygen atoms in total. The lowest BCUT2D eigenvalue weighted by Gasteiger charge is -2.13. The predicted molar refractivity (Wildman–Crippen MR) is 52.6 cm³/mol. The van der Waals surface area contributed by atoms with Crippen LogP contribution in [0.15, 0.2) is 24.3 Å². The fourth-order valence-electron chi connectivity index (χ4n) is 0.907. The Labute approximate surface area is 81.9 Å². The molecule has 13 heavy (non-hydrogen) atoms. The molecule has 0 spiro atoms. The number of hydrogen-bond donors (Lipinski definition) is 0. The van der Waals surface area contributed by atoms with E-state index >= 15 is 0 Å². The van der Waals surface area contributed by atoms with Gasteiger partial charge in [0.15, 0.2) is 0 Å². The Morgan fingerprint density at radius 1 is 1.38 bits per heavy atom. The van der Waals surface area contributed by atoms with Crippen molar-refractivity contribution >= 4 is 22.7 Å². The van der Waals surface area contributed by atoms with Gasteiger partial charge in [0, 0.05) is 12.7 Å². The summed E-state index contributed by atoms with van der Waals surface area (Å²) in [5.74, 6) is 0.749. The second-order valence-electron chi connectivity index (χ2n) is 2.51. The van der Waals surface area contributed by atoms with Crippen LogP contribution in [0.5, 0.6) is 5.75 Å². The first kappa shape index (κ1) is 9.86. The van der Waals surface area contributed by atoms with Crippen molar-refractivity contribution in [3.8, 4) is 5.75 Å². The molecule has 1 aromatic rings. The van der Waals surface area contributed by atoms with Crippen molar-refractivity contribution in [1.29, 1.82) is 0 Å². The van der Waals surface area contributed by atoms with Gasteiger partial charge < -0.3 is 9.64 Å². The molecule has 0 aromatic heterocycles. The van der Waals surface area contributed by atoms with Crippen LogP contribution >= 0.6 is 11.6 Å². The number of anilines is 1. The Balaban J connectivity index is 2.85. The maximum Gasteiger partial charge on any atom is 0.320 e. The molecule has 1 aromatic carbocycles. The van der Waals surface area contributed by atoms with Crippen LogP contribution in [0, 0.1) is 0 Å². The normalized spacial score (nSPS) is 9.46. The molecule has 1 rings (SSSR count). The van der Waals surface area contributed by atoms with Crippen molar-refractivity contribution in [2.75, 3.05) is 19.1 Å². The number of nitrogens with zero attached hydrogens (tertiary/aromatic N) is 1. The van der Waals surface area contributed by atoms with E-state index in [0.29, 0.717) is 0 Å². The third kappa shape index (κ3) is 2.36. The predicted octanol–water partition coefficient (Wildman–Crippen LogP) is 2.49. The summed E-state index contributed by atoms with van der Waals surface area (Å²) in [6.07, 6.45) is 0. The monoisotopic (exact) mass is 199 g/mol. The summed E-state index contributed by atoms with van der Waals surface area (Å²) >= 11 is 5.29. The van der Waals surface area contributed by atoms with E-state index in [1.807, 2.05) is 0 Å². The van der Waals surface area contributed by atoms with E-state index in [4.69, 9.17) is 16.3 Å². The smallest absolute Gasteiger partial charge is 0.320 e. The first-order chi connectivity index (χ1) is 6.15. The number of carbonyl (C=O) groups is 1. The van der Waals surface area contributed by atoms with Crippen molar-refractivity contribution in [3.63, 3.8) is 0 Å². The lowest BCUT2D eigenvalue weighted by Crippen LogP contribution is -2.19. The maximum absolute atomic E-state index is 10.8. The van der Waals surface area contributed by atoms with Gasteiger partial charge in [-0.05, 0) is 35.9 Å². The minimum atomic E-state index is -0.509. The van der Waals surface area contributed by atoms with Gasteiger partial charge in [-0.3, -0.25) is 4.79 Å². The van der Waals surface area contributed by atoms with Crippen molar-refractivity contribution in [1.82, 2.24) is 0 Å². The van der Waals surface area contributed by atoms with E-state index in [9.17, 15) is 4.79 Å². The Bertz CT molecular complexity index is 297. The van der Waals surface area contributed by atoms with Gasteiger partial charge in [-0.25, -0.2) is 0 Å². The van der Waals surface area contributed by atoms with Crippen LogP contribution in [0.2, 0.25) is 0 Å². The van der Waals surface area contributed by atoms with Gasteiger partial charge in [0.05, 0.1) is 7.11 Å². The number of methoxy groups -OCH3 is 1. The first-order valence-corrected chi connectivity index (χ1v) is 4.10. The minimum absolute atomic E-state index is 0.509. The van der Waals surface area contributed by atoms with Crippen LogP contribution in [-0.4, -0.2) is 19.5 Å². The Morgan fingerprint density at radius 3 is 2.31 bits per heavy atom. The molecule has 0 saturated carbocycles. The van der Waals surface area contributed by atoms with E-state index in [2.05, 4.69) is 0 Å². The van der Waals surface area contributed by atoms with E-state index in [-0.39, 0.29) is 0 Å². The van der Waals surface area contributed by atoms with Gasteiger partial charge in [-0.1, -0.05) is 0 Å². The highest BCUT2D eigenvalue weighted by Gasteiger charge is 2.06. The molecule has 0 heterocycles. The molecule has 0 aliphatic rings. The highest BCUT2D eigenvalue weighted by atomic mass is 35.5. The summed E-state index contributed by atoms with van der Waals surface area (Å²) in [6.45, 7) is 0. The number of hydrogen-bond acceptors (Lipinski definition) is 2. The number of carbonyl (C=O) groups excluding carboxylic acids is 1. The molecule has 0 aliphatic heterocycles. The number of halogens is 1. The fourth-order valence-corrected chi connectivity index (χ4v) is 1.00. The number of amides is 1. The first-order valence-electron chi connectivity index (χ1n) is 3.72. The Hall–Kier alpha value is -1.22. The molecular formula is C9H10ClNO2. The van der Waals surface area contributed by atoms with Crippen molar-refractivity contribution < 1.29 is 9.53 Å². The van der Waals surface area contributed by atoms with Crippen molar-refractivity contribution in [2.24, 2.45) is 0 Å². The van der Waals surface area contributed by atoms with Crippen molar-refractivity contribution in [3.05, 3.63) is 24.3 Å². The molecule has 0 radical (unpaired) electrons. The van der Waals surface area contributed by atoms with E-state index in [1.54, 1.807) is 38.4 Å². The summed E-state index contributed by atoms with van der Waals surface area (Å²) in [5.41, 5.74) is 0.737. The average molecular weight is 200 g/mol. The highest BCUT2D eigenvalue weighted by Crippen LogP contribution is 2.18. The molecule has 0 N–H and O–H groups in total. The SMILES string of the molecule is COc1ccc(N(C)C(=O)Cl)cc1. The maximum atomic E-state index is 10.8. The average Bonchev–Trinajstić information content (AvgIpc) is 2.17.